The van der Waals surface area contributed by atoms with Crippen molar-refractivity contribution in [3.05, 3.63) is 76.6 Å². The average Bonchev–Trinajstić information content (AvgIpc) is 3.45. The number of hydrogen-bond donors (Lipinski definition) is 0. The third-order valence-electron chi connectivity index (χ3n) is 7.06. The lowest BCUT2D eigenvalue weighted by Gasteiger charge is -2.41. The maximum atomic E-state index is 14.1. The van der Waals surface area contributed by atoms with E-state index in [-0.39, 0.29) is 23.6 Å². The van der Waals surface area contributed by atoms with Crippen molar-refractivity contribution in [2.24, 2.45) is 7.05 Å². The van der Waals surface area contributed by atoms with E-state index < -0.39 is 17.5 Å². The SMILES string of the molecule is CC[C@H]1Cc2c(nn(C)c2-c2cc(F)c(F)c(F)c2)[C@@H](CC)N1C(=O)c1ccc2nccn2c1C. The van der Waals surface area contributed by atoms with Crippen molar-refractivity contribution in [2.75, 3.05) is 0 Å². The first-order valence-electron chi connectivity index (χ1n) is 11.7. The zero-order chi connectivity index (χ0) is 25.0. The fraction of sp³-hybridized carbons (Fsp3) is 0.346. The molecule has 0 saturated carbocycles. The Morgan fingerprint density at radius 3 is 2.49 bits per heavy atom. The van der Waals surface area contributed by atoms with Crippen molar-refractivity contribution in [3.8, 4) is 11.3 Å². The van der Waals surface area contributed by atoms with Gasteiger partial charge in [-0.05, 0) is 50.5 Å². The van der Waals surface area contributed by atoms with E-state index in [1.54, 1.807) is 17.9 Å². The van der Waals surface area contributed by atoms with Gasteiger partial charge in [-0.15, -0.1) is 0 Å². The zero-order valence-electron chi connectivity index (χ0n) is 20.0. The molecule has 0 unspecified atom stereocenters. The summed E-state index contributed by atoms with van der Waals surface area (Å²) in [4.78, 5) is 20.1. The van der Waals surface area contributed by atoms with Crippen molar-refractivity contribution >= 4 is 11.6 Å². The Morgan fingerprint density at radius 2 is 1.83 bits per heavy atom. The summed E-state index contributed by atoms with van der Waals surface area (Å²) in [7, 11) is 1.70. The summed E-state index contributed by atoms with van der Waals surface area (Å²) < 4.78 is 45.2. The van der Waals surface area contributed by atoms with Gasteiger partial charge >= 0.3 is 0 Å². The van der Waals surface area contributed by atoms with Crippen molar-refractivity contribution in [1.82, 2.24) is 24.1 Å². The van der Waals surface area contributed by atoms with Crippen molar-refractivity contribution in [3.63, 3.8) is 0 Å². The first kappa shape index (κ1) is 23.1. The lowest BCUT2D eigenvalue weighted by Crippen LogP contribution is -2.47. The molecule has 4 aromatic rings. The molecule has 0 bridgehead atoms. The van der Waals surface area contributed by atoms with Crippen LogP contribution >= 0.6 is 0 Å². The molecule has 0 N–H and O–H groups in total. The number of hydrogen-bond acceptors (Lipinski definition) is 3. The van der Waals surface area contributed by atoms with Gasteiger partial charge in [0.15, 0.2) is 17.5 Å². The van der Waals surface area contributed by atoms with Crippen molar-refractivity contribution < 1.29 is 18.0 Å². The predicted molar refractivity (Wildman–Crippen MR) is 125 cm³/mol. The smallest absolute Gasteiger partial charge is 0.256 e. The summed E-state index contributed by atoms with van der Waals surface area (Å²) in [6.45, 7) is 5.90. The number of imidazole rings is 1. The lowest BCUT2D eigenvalue weighted by molar-refractivity contribution is 0.0511. The Labute approximate surface area is 201 Å². The molecule has 0 saturated heterocycles. The van der Waals surface area contributed by atoms with Gasteiger partial charge in [0.25, 0.3) is 5.91 Å². The molecule has 182 valence electrons. The molecule has 0 spiro atoms. The van der Waals surface area contributed by atoms with Crippen LogP contribution in [0.3, 0.4) is 0 Å². The fourth-order valence-corrected chi connectivity index (χ4v) is 5.36. The Morgan fingerprint density at radius 1 is 1.11 bits per heavy atom. The Hall–Kier alpha value is -3.62. The van der Waals surface area contributed by atoms with Crippen molar-refractivity contribution in [1.29, 1.82) is 0 Å². The summed E-state index contributed by atoms with van der Waals surface area (Å²) >= 11 is 0. The van der Waals surface area contributed by atoms with E-state index in [1.807, 2.05) is 48.4 Å². The first-order valence-corrected chi connectivity index (χ1v) is 11.7. The van der Waals surface area contributed by atoms with Crippen LogP contribution in [0.15, 0.2) is 36.7 Å². The molecule has 6 nitrogen and oxygen atoms in total. The number of carbonyl (C=O) groups is 1. The number of aromatic nitrogens is 4. The molecule has 4 heterocycles. The highest BCUT2D eigenvalue weighted by Gasteiger charge is 2.40. The largest absolute Gasteiger partial charge is 0.327 e. The minimum atomic E-state index is -1.50. The summed E-state index contributed by atoms with van der Waals surface area (Å²) in [5, 5.41) is 4.69. The summed E-state index contributed by atoms with van der Waals surface area (Å²) in [6.07, 6.45) is 5.31. The van der Waals surface area contributed by atoms with Gasteiger partial charge in [0, 0.05) is 42.3 Å². The van der Waals surface area contributed by atoms with E-state index in [2.05, 4.69) is 10.1 Å². The Kier molecular flexibility index (Phi) is 5.65. The standard InChI is InChI=1S/C26H26F3N5O/c1-5-16-13-18-24(31-32(4)25(18)15-11-19(27)23(29)20(28)12-15)21(6-2)34(16)26(35)17-7-8-22-30-9-10-33(22)14(17)3/h7-12,16,21H,5-6,13H2,1-4H3/t16-,21+/m0/s1. The molecule has 35 heavy (non-hydrogen) atoms. The van der Waals surface area contributed by atoms with Crippen LogP contribution in [0.2, 0.25) is 0 Å². The average molecular weight is 482 g/mol. The molecule has 5 rings (SSSR count). The minimum Gasteiger partial charge on any atom is -0.327 e. The number of pyridine rings is 1. The number of fused-ring (bicyclic) bond motifs is 2. The number of benzene rings is 1. The molecule has 1 aromatic carbocycles. The number of nitrogens with zero attached hydrogens (tertiary/aromatic N) is 5. The molecule has 0 radical (unpaired) electrons. The third kappa shape index (κ3) is 3.52. The van der Waals surface area contributed by atoms with Crippen LogP contribution < -0.4 is 0 Å². The summed E-state index contributed by atoms with van der Waals surface area (Å²) in [6, 6.07) is 5.18. The van der Waals surface area contributed by atoms with Gasteiger partial charge in [-0.3, -0.25) is 9.48 Å². The van der Waals surface area contributed by atoms with E-state index in [0.29, 0.717) is 36.2 Å². The van der Waals surface area contributed by atoms with Crippen LogP contribution in [0.4, 0.5) is 13.2 Å². The quantitative estimate of drug-likeness (QED) is 0.368. The van der Waals surface area contributed by atoms with E-state index in [4.69, 9.17) is 0 Å². The molecular weight excluding hydrogens is 455 g/mol. The van der Waals surface area contributed by atoms with Crippen LogP contribution in [0.25, 0.3) is 16.9 Å². The second kappa shape index (κ2) is 8.55. The number of amides is 1. The lowest BCUT2D eigenvalue weighted by atomic mass is 9.87. The maximum absolute atomic E-state index is 14.1. The van der Waals surface area contributed by atoms with Gasteiger partial charge in [0.2, 0.25) is 0 Å². The van der Waals surface area contributed by atoms with E-state index in [1.165, 1.54) is 0 Å². The van der Waals surface area contributed by atoms with Gasteiger partial charge in [0.1, 0.15) is 5.65 Å². The van der Waals surface area contributed by atoms with Gasteiger partial charge in [-0.25, -0.2) is 18.2 Å². The van der Waals surface area contributed by atoms with Crippen LogP contribution in [0.1, 0.15) is 60.0 Å². The summed E-state index contributed by atoms with van der Waals surface area (Å²) in [5.41, 5.74) is 4.47. The monoisotopic (exact) mass is 481 g/mol. The maximum Gasteiger partial charge on any atom is 0.256 e. The second-order valence-corrected chi connectivity index (χ2v) is 8.98. The van der Waals surface area contributed by atoms with Crippen LogP contribution in [-0.2, 0) is 13.5 Å². The molecule has 1 aliphatic rings. The molecule has 9 heteroatoms. The van der Waals surface area contributed by atoms with E-state index in [0.717, 1.165) is 29.0 Å². The topological polar surface area (TPSA) is 55.4 Å². The number of halogens is 3. The van der Waals surface area contributed by atoms with Gasteiger partial charge in [-0.2, -0.15) is 5.10 Å². The predicted octanol–water partition coefficient (Wildman–Crippen LogP) is 5.39. The zero-order valence-corrected chi connectivity index (χ0v) is 20.0. The highest BCUT2D eigenvalue weighted by molar-refractivity contribution is 5.96. The molecule has 1 amide bonds. The highest BCUT2D eigenvalue weighted by atomic mass is 19.2. The first-order chi connectivity index (χ1) is 16.8. The van der Waals surface area contributed by atoms with Gasteiger partial charge < -0.3 is 9.30 Å². The Balaban J connectivity index is 1.62. The third-order valence-corrected chi connectivity index (χ3v) is 7.06. The van der Waals surface area contributed by atoms with Crippen LogP contribution in [0.5, 0.6) is 0 Å². The molecule has 0 fully saturated rings. The molecular formula is C26H26F3N5O. The molecule has 3 aromatic heterocycles. The Bertz CT molecular complexity index is 1430. The normalized spacial score (nSPS) is 17.7. The molecule has 0 aliphatic carbocycles. The van der Waals surface area contributed by atoms with Crippen molar-refractivity contribution in [2.45, 2.75) is 52.1 Å². The van der Waals surface area contributed by atoms with Gasteiger partial charge in [-0.1, -0.05) is 13.8 Å². The van der Waals surface area contributed by atoms with E-state index in [9.17, 15) is 18.0 Å². The number of aryl methyl sites for hydroxylation is 2. The number of carbonyl (C=O) groups excluding carboxylic acids is 1. The van der Waals surface area contributed by atoms with Gasteiger partial charge in [0.05, 0.1) is 23.0 Å². The van der Waals surface area contributed by atoms with Crippen LogP contribution in [-0.4, -0.2) is 36.0 Å². The van der Waals surface area contributed by atoms with Crippen LogP contribution in [0, 0.1) is 24.4 Å². The highest BCUT2D eigenvalue weighted by Crippen LogP contribution is 2.41. The molecule has 1 aliphatic heterocycles. The second-order valence-electron chi connectivity index (χ2n) is 8.98. The molecule has 2 atom stereocenters. The minimum absolute atomic E-state index is 0.0893. The number of rotatable bonds is 4. The summed E-state index contributed by atoms with van der Waals surface area (Å²) in [5.74, 6) is -4.07. The fourth-order valence-electron chi connectivity index (χ4n) is 5.36. The van der Waals surface area contributed by atoms with E-state index >= 15 is 0 Å².